The first kappa shape index (κ1) is 16.7. The monoisotopic (exact) mass is 349 g/mol. The van der Waals surface area contributed by atoms with Crippen LogP contribution in [0.15, 0.2) is 24.3 Å². The molecule has 1 aliphatic rings. The van der Waals surface area contributed by atoms with E-state index in [0.29, 0.717) is 25.8 Å². The molecule has 0 atom stereocenters. The summed E-state index contributed by atoms with van der Waals surface area (Å²) in [5.41, 5.74) is 5.56. The Balaban J connectivity index is 1.26. The molecule has 6 nitrogen and oxygen atoms in total. The largest absolute Gasteiger partial charge is 0.356 e. The summed E-state index contributed by atoms with van der Waals surface area (Å²) in [5.74, 6) is 1.71. The third-order valence-corrected chi connectivity index (χ3v) is 4.88. The van der Waals surface area contributed by atoms with Gasteiger partial charge in [0.1, 0.15) is 11.6 Å². The lowest BCUT2D eigenvalue weighted by atomic mass is 10.2. The van der Waals surface area contributed by atoms with Crippen molar-refractivity contribution < 1.29 is 4.79 Å². The van der Waals surface area contributed by atoms with Gasteiger partial charge in [0.25, 0.3) is 0 Å². The van der Waals surface area contributed by atoms with Crippen molar-refractivity contribution >= 4 is 16.9 Å². The lowest BCUT2D eigenvalue weighted by Gasteiger charge is -2.08. The number of benzene rings is 1. The number of nitrogens with zero attached hydrogens (tertiary/aromatic N) is 3. The molecule has 6 heteroatoms. The van der Waals surface area contributed by atoms with E-state index in [0.717, 1.165) is 41.2 Å². The number of H-pyrrole nitrogens is 1. The number of carbonyl (C=O) groups excluding carboxylic acids is 1. The molecule has 134 valence electrons. The second kappa shape index (κ2) is 7.23. The van der Waals surface area contributed by atoms with Crippen molar-refractivity contribution in [3.05, 3.63) is 52.9 Å². The average Bonchev–Trinajstić information content (AvgIpc) is 3.26. The van der Waals surface area contributed by atoms with Crippen LogP contribution in [-0.4, -0.2) is 32.4 Å². The highest BCUT2D eigenvalue weighted by molar-refractivity contribution is 5.77. The van der Waals surface area contributed by atoms with Crippen LogP contribution in [0.25, 0.3) is 11.0 Å². The van der Waals surface area contributed by atoms with Crippen molar-refractivity contribution in [3.63, 3.8) is 0 Å². The molecule has 1 amide bonds. The fourth-order valence-corrected chi connectivity index (χ4v) is 3.55. The fourth-order valence-electron chi connectivity index (χ4n) is 3.55. The second-order valence-corrected chi connectivity index (χ2v) is 6.80. The number of amides is 1. The molecular weight excluding hydrogens is 326 g/mol. The maximum Gasteiger partial charge on any atom is 0.220 e. The van der Waals surface area contributed by atoms with E-state index in [1.165, 1.54) is 17.7 Å². The van der Waals surface area contributed by atoms with Crippen LogP contribution < -0.4 is 5.32 Å². The van der Waals surface area contributed by atoms with Gasteiger partial charge in [-0.15, -0.1) is 0 Å². The topological polar surface area (TPSA) is 83.6 Å². The van der Waals surface area contributed by atoms with Gasteiger partial charge in [-0.25, -0.2) is 15.0 Å². The number of nitrogens with one attached hydrogen (secondary N) is 2. The molecule has 0 spiro atoms. The van der Waals surface area contributed by atoms with Crippen LogP contribution in [0.1, 0.15) is 41.4 Å². The van der Waals surface area contributed by atoms with Gasteiger partial charge in [-0.2, -0.15) is 0 Å². The standard InChI is InChI=1S/C20H23N5O/c1-13-14-5-4-8-15(14)23-19(22-13)11-12-21-20(26)10-9-18-24-16-6-2-3-7-17(16)25-18/h2-3,6-7H,4-5,8-12H2,1H3,(H,21,26)(H,24,25). The summed E-state index contributed by atoms with van der Waals surface area (Å²) in [7, 11) is 0. The molecule has 0 bridgehead atoms. The summed E-state index contributed by atoms with van der Waals surface area (Å²) >= 11 is 0. The summed E-state index contributed by atoms with van der Waals surface area (Å²) in [4.78, 5) is 29.1. The van der Waals surface area contributed by atoms with E-state index >= 15 is 0 Å². The predicted octanol–water partition coefficient (Wildman–Crippen LogP) is 2.44. The van der Waals surface area contributed by atoms with Gasteiger partial charge in [0.15, 0.2) is 0 Å². The Morgan fingerprint density at radius 2 is 2.04 bits per heavy atom. The van der Waals surface area contributed by atoms with Crippen LogP contribution in [0, 0.1) is 6.92 Å². The molecule has 3 aromatic rings. The molecule has 0 saturated heterocycles. The number of rotatable bonds is 6. The Kier molecular flexibility index (Phi) is 4.65. The number of para-hydroxylation sites is 2. The molecule has 4 rings (SSSR count). The Morgan fingerprint density at radius 3 is 2.92 bits per heavy atom. The molecule has 0 fully saturated rings. The maximum atomic E-state index is 12.1. The molecule has 0 saturated carbocycles. The number of hydrogen-bond donors (Lipinski definition) is 2. The normalized spacial score (nSPS) is 13.1. The first-order valence-corrected chi connectivity index (χ1v) is 9.24. The molecule has 0 radical (unpaired) electrons. The summed E-state index contributed by atoms with van der Waals surface area (Å²) in [5, 5.41) is 2.96. The molecule has 1 aliphatic carbocycles. The van der Waals surface area contributed by atoms with Crippen molar-refractivity contribution in [3.8, 4) is 0 Å². The van der Waals surface area contributed by atoms with Crippen LogP contribution in [0.4, 0.5) is 0 Å². The molecule has 1 aromatic carbocycles. The van der Waals surface area contributed by atoms with Crippen molar-refractivity contribution in [1.29, 1.82) is 0 Å². The number of hydrogen-bond acceptors (Lipinski definition) is 4. The first-order valence-electron chi connectivity index (χ1n) is 9.24. The molecular formula is C20H23N5O. The lowest BCUT2D eigenvalue weighted by molar-refractivity contribution is -0.121. The Morgan fingerprint density at radius 1 is 1.15 bits per heavy atom. The van der Waals surface area contributed by atoms with E-state index in [1.807, 2.05) is 24.3 Å². The number of aromatic nitrogens is 4. The predicted molar refractivity (Wildman–Crippen MR) is 99.9 cm³/mol. The zero-order valence-corrected chi connectivity index (χ0v) is 15.0. The fraction of sp³-hybridized carbons (Fsp3) is 0.400. The Hall–Kier alpha value is -2.76. The highest BCUT2D eigenvalue weighted by atomic mass is 16.1. The van der Waals surface area contributed by atoms with Crippen LogP contribution in [0.2, 0.25) is 0 Å². The Labute approximate surface area is 152 Å². The number of fused-ring (bicyclic) bond motifs is 2. The van der Waals surface area contributed by atoms with Gasteiger partial charge in [0.2, 0.25) is 5.91 Å². The van der Waals surface area contributed by atoms with Gasteiger partial charge in [-0.1, -0.05) is 12.1 Å². The molecule has 0 unspecified atom stereocenters. The van der Waals surface area contributed by atoms with E-state index in [-0.39, 0.29) is 5.91 Å². The molecule has 2 heterocycles. The minimum absolute atomic E-state index is 0.0309. The van der Waals surface area contributed by atoms with Crippen LogP contribution in [0.3, 0.4) is 0 Å². The zero-order valence-electron chi connectivity index (χ0n) is 15.0. The van der Waals surface area contributed by atoms with Gasteiger partial charge >= 0.3 is 0 Å². The molecule has 26 heavy (non-hydrogen) atoms. The highest BCUT2D eigenvalue weighted by Crippen LogP contribution is 2.22. The van der Waals surface area contributed by atoms with E-state index in [4.69, 9.17) is 0 Å². The van der Waals surface area contributed by atoms with E-state index in [2.05, 4.69) is 32.2 Å². The number of aryl methyl sites for hydroxylation is 3. The minimum Gasteiger partial charge on any atom is -0.356 e. The average molecular weight is 349 g/mol. The van der Waals surface area contributed by atoms with Gasteiger partial charge in [-0.3, -0.25) is 4.79 Å². The van der Waals surface area contributed by atoms with E-state index in [1.54, 1.807) is 0 Å². The van der Waals surface area contributed by atoms with E-state index in [9.17, 15) is 4.79 Å². The molecule has 2 aromatic heterocycles. The van der Waals surface area contributed by atoms with E-state index < -0.39 is 0 Å². The third-order valence-electron chi connectivity index (χ3n) is 4.88. The summed E-state index contributed by atoms with van der Waals surface area (Å²) in [6.07, 6.45) is 5.02. The molecule has 2 N–H and O–H groups in total. The van der Waals surface area contributed by atoms with Crippen LogP contribution in [-0.2, 0) is 30.5 Å². The maximum absolute atomic E-state index is 12.1. The summed E-state index contributed by atoms with van der Waals surface area (Å²) in [6.45, 7) is 2.62. The molecule has 0 aliphatic heterocycles. The van der Waals surface area contributed by atoms with Gasteiger partial charge < -0.3 is 10.3 Å². The SMILES string of the molecule is Cc1nc(CCNC(=O)CCc2nc3ccccc3[nH]2)nc2c1CCC2. The minimum atomic E-state index is 0.0309. The Bertz CT molecular complexity index is 914. The quantitative estimate of drug-likeness (QED) is 0.716. The van der Waals surface area contributed by atoms with Crippen molar-refractivity contribution in [2.75, 3.05) is 6.54 Å². The van der Waals surface area contributed by atoms with Crippen molar-refractivity contribution in [2.24, 2.45) is 0 Å². The highest BCUT2D eigenvalue weighted by Gasteiger charge is 2.16. The van der Waals surface area contributed by atoms with Gasteiger partial charge in [-0.05, 0) is 43.9 Å². The van der Waals surface area contributed by atoms with Crippen LogP contribution >= 0.6 is 0 Å². The summed E-state index contributed by atoms with van der Waals surface area (Å²) in [6, 6.07) is 7.89. The van der Waals surface area contributed by atoms with Gasteiger partial charge in [0.05, 0.1) is 11.0 Å². The number of carbonyl (C=O) groups is 1. The van der Waals surface area contributed by atoms with Crippen molar-refractivity contribution in [2.45, 2.75) is 45.4 Å². The van der Waals surface area contributed by atoms with Gasteiger partial charge in [0, 0.05) is 37.2 Å². The first-order chi connectivity index (χ1) is 12.7. The second-order valence-electron chi connectivity index (χ2n) is 6.80. The van der Waals surface area contributed by atoms with Crippen LogP contribution in [0.5, 0.6) is 0 Å². The third kappa shape index (κ3) is 3.59. The van der Waals surface area contributed by atoms with Crippen molar-refractivity contribution in [1.82, 2.24) is 25.3 Å². The number of imidazole rings is 1. The number of aromatic amines is 1. The smallest absolute Gasteiger partial charge is 0.220 e. The lowest BCUT2D eigenvalue weighted by Crippen LogP contribution is -2.26. The zero-order chi connectivity index (χ0) is 17.9. The summed E-state index contributed by atoms with van der Waals surface area (Å²) < 4.78 is 0.